The minimum Gasteiger partial charge on any atom is -0.350 e. The Morgan fingerprint density at radius 2 is 2.05 bits per heavy atom. The maximum Gasteiger partial charge on any atom is 0.230 e. The maximum atomic E-state index is 12.5. The van der Waals surface area contributed by atoms with E-state index >= 15 is 0 Å². The first-order chi connectivity index (χ1) is 9.71. The summed E-state index contributed by atoms with van der Waals surface area (Å²) in [5, 5.41) is 10.4. The number of rotatable bonds is 4. The Kier molecular flexibility index (Phi) is 3.49. The highest BCUT2D eigenvalue weighted by atomic mass is 35.5. The fourth-order valence-electron chi connectivity index (χ4n) is 2.67. The number of aromatic amines is 1. The Morgan fingerprint density at radius 1 is 1.30 bits per heavy atom. The molecule has 0 saturated heterocycles. The zero-order valence-electron chi connectivity index (χ0n) is 11.0. The molecule has 1 amide bonds. The van der Waals surface area contributed by atoms with Crippen molar-refractivity contribution in [2.45, 2.75) is 31.2 Å². The van der Waals surface area contributed by atoms with E-state index in [1.165, 1.54) is 0 Å². The third kappa shape index (κ3) is 2.31. The third-order valence-corrected chi connectivity index (χ3v) is 4.29. The molecule has 0 atom stereocenters. The molecule has 2 aromatic rings. The van der Waals surface area contributed by atoms with E-state index in [1.54, 1.807) is 6.20 Å². The van der Waals surface area contributed by atoms with Crippen LogP contribution in [0.1, 0.15) is 30.5 Å². The summed E-state index contributed by atoms with van der Waals surface area (Å²) in [5.41, 5.74) is 1.57. The Labute approximate surface area is 122 Å². The molecule has 104 valence electrons. The lowest BCUT2D eigenvalue weighted by atomic mass is 9.64. The van der Waals surface area contributed by atoms with Crippen molar-refractivity contribution >= 4 is 17.5 Å². The zero-order chi connectivity index (χ0) is 14.0. The van der Waals surface area contributed by atoms with Crippen LogP contribution in [0.5, 0.6) is 0 Å². The van der Waals surface area contributed by atoms with Gasteiger partial charge in [0, 0.05) is 11.2 Å². The number of aromatic nitrogens is 2. The van der Waals surface area contributed by atoms with Gasteiger partial charge in [0.25, 0.3) is 0 Å². The second kappa shape index (κ2) is 5.29. The zero-order valence-corrected chi connectivity index (χ0v) is 11.8. The summed E-state index contributed by atoms with van der Waals surface area (Å²) in [4.78, 5) is 12.5. The number of nitrogens with zero attached hydrogens (tertiary/aromatic N) is 1. The van der Waals surface area contributed by atoms with E-state index in [9.17, 15) is 4.79 Å². The van der Waals surface area contributed by atoms with Crippen LogP contribution in [0, 0.1) is 0 Å². The molecule has 1 heterocycles. The van der Waals surface area contributed by atoms with Crippen LogP contribution in [0.2, 0.25) is 5.02 Å². The quantitative estimate of drug-likeness (QED) is 0.909. The molecule has 1 aromatic heterocycles. The predicted molar refractivity (Wildman–Crippen MR) is 77.4 cm³/mol. The molecule has 4 nitrogen and oxygen atoms in total. The summed E-state index contributed by atoms with van der Waals surface area (Å²) in [6.45, 7) is 0.480. The van der Waals surface area contributed by atoms with Crippen molar-refractivity contribution in [2.75, 3.05) is 0 Å². The summed E-state index contributed by atoms with van der Waals surface area (Å²) in [5.74, 6) is 0.0840. The van der Waals surface area contributed by atoms with Gasteiger partial charge in [-0.15, -0.1) is 0 Å². The molecule has 0 aliphatic heterocycles. The predicted octanol–water partition coefficient (Wildman–Crippen LogP) is 2.80. The van der Waals surface area contributed by atoms with Gasteiger partial charge in [-0.1, -0.05) is 30.2 Å². The molecule has 0 bridgehead atoms. The Bertz CT molecular complexity index is 588. The normalized spacial score (nSPS) is 16.4. The van der Waals surface area contributed by atoms with Crippen LogP contribution in [0.4, 0.5) is 0 Å². The van der Waals surface area contributed by atoms with E-state index < -0.39 is 0 Å². The average molecular weight is 290 g/mol. The molecular weight excluding hydrogens is 274 g/mol. The van der Waals surface area contributed by atoms with Crippen molar-refractivity contribution in [3.05, 3.63) is 52.8 Å². The maximum absolute atomic E-state index is 12.5. The molecule has 5 heteroatoms. The number of hydrogen-bond acceptors (Lipinski definition) is 2. The summed E-state index contributed by atoms with van der Waals surface area (Å²) in [6, 6.07) is 9.46. The molecule has 0 radical (unpaired) electrons. The Morgan fingerprint density at radius 3 is 2.60 bits per heavy atom. The topological polar surface area (TPSA) is 57.8 Å². The highest BCUT2D eigenvalue weighted by molar-refractivity contribution is 6.30. The summed E-state index contributed by atoms with van der Waals surface area (Å²) >= 11 is 5.92. The van der Waals surface area contributed by atoms with Crippen LogP contribution in [0.3, 0.4) is 0 Å². The van der Waals surface area contributed by atoms with Crippen LogP contribution in [-0.2, 0) is 16.8 Å². The van der Waals surface area contributed by atoms with Crippen LogP contribution in [0.25, 0.3) is 0 Å². The highest BCUT2D eigenvalue weighted by Crippen LogP contribution is 2.44. The monoisotopic (exact) mass is 289 g/mol. The molecule has 0 spiro atoms. The molecule has 1 fully saturated rings. The second-order valence-electron chi connectivity index (χ2n) is 5.21. The van der Waals surface area contributed by atoms with E-state index in [1.807, 2.05) is 30.3 Å². The number of hydrogen-bond donors (Lipinski definition) is 2. The number of carbonyl (C=O) groups is 1. The van der Waals surface area contributed by atoms with Gasteiger partial charge in [0.15, 0.2) is 0 Å². The van der Waals surface area contributed by atoms with Crippen molar-refractivity contribution in [3.63, 3.8) is 0 Å². The number of carbonyl (C=O) groups excluding carboxylic acids is 1. The van der Waals surface area contributed by atoms with E-state index in [-0.39, 0.29) is 11.3 Å². The summed E-state index contributed by atoms with van der Waals surface area (Å²) in [7, 11) is 0. The lowest BCUT2D eigenvalue weighted by molar-refractivity contribution is -0.130. The van der Waals surface area contributed by atoms with E-state index in [2.05, 4.69) is 15.5 Å². The van der Waals surface area contributed by atoms with Crippen molar-refractivity contribution in [1.82, 2.24) is 15.5 Å². The van der Waals surface area contributed by atoms with Gasteiger partial charge >= 0.3 is 0 Å². The number of halogens is 1. The van der Waals surface area contributed by atoms with Gasteiger partial charge in [-0.05, 0) is 36.6 Å². The molecule has 0 unspecified atom stereocenters. The van der Waals surface area contributed by atoms with E-state index in [0.29, 0.717) is 11.6 Å². The van der Waals surface area contributed by atoms with Crippen LogP contribution in [0.15, 0.2) is 36.5 Å². The molecular formula is C15H16ClN3O. The molecule has 20 heavy (non-hydrogen) atoms. The first-order valence-electron chi connectivity index (χ1n) is 6.73. The van der Waals surface area contributed by atoms with Crippen LogP contribution < -0.4 is 5.32 Å². The van der Waals surface area contributed by atoms with Gasteiger partial charge in [-0.3, -0.25) is 9.89 Å². The third-order valence-electron chi connectivity index (χ3n) is 4.04. The largest absolute Gasteiger partial charge is 0.350 e. The summed E-state index contributed by atoms with van der Waals surface area (Å²) in [6.07, 6.45) is 4.55. The van der Waals surface area contributed by atoms with Crippen molar-refractivity contribution < 1.29 is 4.79 Å². The fourth-order valence-corrected chi connectivity index (χ4v) is 2.80. The standard InChI is InChI=1S/C15H16ClN3O/c16-12-4-2-11(3-5-12)15(7-1-8-15)14(20)17-10-13-6-9-18-19-13/h2-6,9H,1,7-8,10H2,(H,17,20)(H,18,19). The van der Waals surface area contributed by atoms with E-state index in [4.69, 9.17) is 11.6 Å². The van der Waals surface area contributed by atoms with Gasteiger partial charge in [-0.2, -0.15) is 5.10 Å². The number of benzene rings is 1. The molecule has 2 N–H and O–H groups in total. The summed E-state index contributed by atoms with van der Waals surface area (Å²) < 4.78 is 0. The van der Waals surface area contributed by atoms with Crippen LogP contribution in [-0.4, -0.2) is 16.1 Å². The lowest BCUT2D eigenvalue weighted by Crippen LogP contribution is -2.49. The van der Waals surface area contributed by atoms with E-state index in [0.717, 1.165) is 30.5 Å². The minimum absolute atomic E-state index is 0.0840. The lowest BCUT2D eigenvalue weighted by Gasteiger charge is -2.40. The van der Waals surface area contributed by atoms with Crippen molar-refractivity contribution in [1.29, 1.82) is 0 Å². The fraction of sp³-hybridized carbons (Fsp3) is 0.333. The first-order valence-corrected chi connectivity index (χ1v) is 7.11. The SMILES string of the molecule is O=C(NCc1ccn[nH]1)C1(c2ccc(Cl)cc2)CCC1. The minimum atomic E-state index is -0.384. The van der Waals surface area contributed by atoms with Gasteiger partial charge in [0.05, 0.1) is 17.7 Å². The Hall–Kier alpha value is -1.81. The first kappa shape index (κ1) is 13.2. The second-order valence-corrected chi connectivity index (χ2v) is 5.64. The van der Waals surface area contributed by atoms with Crippen LogP contribution >= 0.6 is 11.6 Å². The van der Waals surface area contributed by atoms with Gasteiger partial charge in [0.2, 0.25) is 5.91 Å². The molecule has 3 rings (SSSR count). The van der Waals surface area contributed by atoms with Crippen molar-refractivity contribution in [2.24, 2.45) is 0 Å². The van der Waals surface area contributed by atoms with Gasteiger partial charge < -0.3 is 5.32 Å². The smallest absolute Gasteiger partial charge is 0.230 e. The van der Waals surface area contributed by atoms with Gasteiger partial charge in [-0.25, -0.2) is 0 Å². The molecule has 1 aliphatic rings. The number of amides is 1. The molecule has 1 saturated carbocycles. The highest BCUT2D eigenvalue weighted by Gasteiger charge is 2.45. The number of H-pyrrole nitrogens is 1. The number of nitrogens with one attached hydrogen (secondary N) is 2. The average Bonchev–Trinajstić information content (AvgIpc) is 2.90. The van der Waals surface area contributed by atoms with Crippen molar-refractivity contribution in [3.8, 4) is 0 Å². The molecule has 1 aromatic carbocycles. The van der Waals surface area contributed by atoms with Gasteiger partial charge in [0.1, 0.15) is 0 Å². The molecule has 1 aliphatic carbocycles. The Balaban J connectivity index is 1.74.